The molecule has 2 saturated carbocycles. The first-order valence-corrected chi connectivity index (χ1v) is 24.9. The molecule has 11 nitrogen and oxygen atoms in total. The molecule has 1 saturated heterocycles. The Morgan fingerprint density at radius 3 is 2.17 bits per heavy atom. The van der Waals surface area contributed by atoms with Gasteiger partial charge in [0.1, 0.15) is 12.3 Å². The van der Waals surface area contributed by atoms with E-state index in [1.165, 1.54) is 4.90 Å². The first-order valence-electron chi connectivity index (χ1n) is 18.6. The van der Waals surface area contributed by atoms with Crippen LogP contribution in [-0.2, 0) is 13.6 Å². The zero-order valence-corrected chi connectivity index (χ0v) is 34.3. The Morgan fingerprint density at radius 2 is 1.60 bits per heavy atom. The van der Waals surface area contributed by atoms with E-state index in [0.717, 1.165) is 12.8 Å². The van der Waals surface area contributed by atoms with Crippen LogP contribution in [0.4, 0.5) is 22.1 Å². The SMILES string of the molecule is CC(C)CNc1nc(OC(=O)N(c2ccccc2)c2ccccc2)c2ncn([C@H]3C[C@@]4(O[Si](C)(C)C)C[C@H]5C[C@]5(O[Si](C)(C)C(C)(C)C)[C@H]4O3)c2n1. The van der Waals surface area contributed by atoms with Gasteiger partial charge in [-0.15, -0.1) is 0 Å². The van der Waals surface area contributed by atoms with Crippen molar-refractivity contribution < 1.29 is 23.1 Å². The van der Waals surface area contributed by atoms with Crippen molar-refractivity contribution in [3.63, 3.8) is 0 Å². The number of amides is 1. The van der Waals surface area contributed by atoms with E-state index in [9.17, 15) is 4.79 Å². The molecule has 1 N–H and O–H groups in total. The predicted molar refractivity (Wildman–Crippen MR) is 209 cm³/mol. The van der Waals surface area contributed by atoms with Gasteiger partial charge in [0.2, 0.25) is 5.95 Å². The number of hydrogen-bond donors (Lipinski definition) is 1. The quantitative estimate of drug-likeness (QED) is 0.150. The molecule has 2 aromatic heterocycles. The van der Waals surface area contributed by atoms with Crippen LogP contribution in [0.2, 0.25) is 37.8 Å². The third-order valence-electron chi connectivity index (χ3n) is 10.9. The second kappa shape index (κ2) is 13.0. The summed E-state index contributed by atoms with van der Waals surface area (Å²) < 4.78 is 29.7. The number of para-hydroxylation sites is 2. The van der Waals surface area contributed by atoms with Gasteiger partial charge in [-0.2, -0.15) is 9.97 Å². The summed E-state index contributed by atoms with van der Waals surface area (Å²) in [6, 6.07) is 18.8. The Labute approximate surface area is 309 Å². The Morgan fingerprint density at radius 1 is 0.962 bits per heavy atom. The van der Waals surface area contributed by atoms with E-state index in [1.807, 2.05) is 65.2 Å². The summed E-state index contributed by atoms with van der Waals surface area (Å²) in [4.78, 5) is 30.0. The molecule has 0 unspecified atom stereocenters. The summed E-state index contributed by atoms with van der Waals surface area (Å²) in [6.07, 6.45) is 3.05. The molecule has 1 amide bonds. The third-order valence-corrected chi connectivity index (χ3v) is 16.5. The van der Waals surface area contributed by atoms with E-state index < -0.39 is 34.6 Å². The Bertz CT molecular complexity index is 1890. The second-order valence-corrected chi connectivity index (χ2v) is 26.9. The highest BCUT2D eigenvalue weighted by Crippen LogP contribution is 2.70. The highest BCUT2D eigenvalue weighted by Gasteiger charge is 2.78. The van der Waals surface area contributed by atoms with Crippen molar-refractivity contribution in [2.24, 2.45) is 11.8 Å². The van der Waals surface area contributed by atoms with Crippen LogP contribution in [-0.4, -0.2) is 66.1 Å². The number of fused-ring (bicyclic) bond motifs is 4. The molecule has 0 bridgehead atoms. The largest absolute Gasteiger partial charge is 0.425 e. The summed E-state index contributed by atoms with van der Waals surface area (Å²) in [6.45, 7) is 23.1. The molecule has 5 atom stereocenters. The van der Waals surface area contributed by atoms with Crippen LogP contribution in [0.5, 0.6) is 5.88 Å². The normalized spacial score (nSPS) is 25.6. The maximum Gasteiger partial charge on any atom is 0.425 e. The molecule has 0 spiro atoms. The zero-order valence-electron chi connectivity index (χ0n) is 32.3. The first kappa shape index (κ1) is 36.7. The maximum absolute atomic E-state index is 14.1. The maximum atomic E-state index is 14.1. The van der Waals surface area contributed by atoms with Crippen LogP contribution in [0.25, 0.3) is 11.2 Å². The van der Waals surface area contributed by atoms with E-state index in [1.54, 1.807) is 6.33 Å². The lowest BCUT2D eigenvalue weighted by atomic mass is 9.92. The Hall–Kier alpha value is -3.63. The van der Waals surface area contributed by atoms with Crippen LogP contribution in [0, 0.1) is 11.8 Å². The van der Waals surface area contributed by atoms with Gasteiger partial charge in [0.05, 0.1) is 28.9 Å². The van der Waals surface area contributed by atoms with Crippen LogP contribution in [0.15, 0.2) is 67.0 Å². The monoisotopic (exact) mass is 742 g/mol. The lowest BCUT2D eigenvalue weighted by Gasteiger charge is -2.43. The number of carbonyl (C=O) groups excluding carboxylic acids is 1. The molecule has 3 aliphatic rings. The third kappa shape index (κ3) is 6.81. The van der Waals surface area contributed by atoms with E-state index in [0.29, 0.717) is 53.3 Å². The molecule has 1 aliphatic heterocycles. The van der Waals surface area contributed by atoms with Crippen molar-refractivity contribution in [3.05, 3.63) is 67.0 Å². The molecule has 0 radical (unpaired) electrons. The number of anilines is 3. The van der Waals surface area contributed by atoms with Gasteiger partial charge in [0, 0.05) is 13.0 Å². The number of nitrogens with one attached hydrogen (secondary N) is 1. The fraction of sp³-hybridized carbons (Fsp3) is 0.538. The predicted octanol–water partition coefficient (Wildman–Crippen LogP) is 9.29. The zero-order chi connectivity index (χ0) is 37.3. The highest BCUT2D eigenvalue weighted by atomic mass is 28.4. The van der Waals surface area contributed by atoms with E-state index in [2.05, 4.69) is 72.7 Å². The lowest BCUT2D eigenvalue weighted by Crippen LogP contribution is -2.54. The van der Waals surface area contributed by atoms with Gasteiger partial charge in [-0.3, -0.25) is 4.57 Å². The van der Waals surface area contributed by atoms with Gasteiger partial charge in [0.15, 0.2) is 27.8 Å². The first-order chi connectivity index (χ1) is 24.4. The molecule has 3 heterocycles. The number of imidazole rings is 1. The number of aromatic nitrogens is 4. The lowest BCUT2D eigenvalue weighted by molar-refractivity contribution is -0.0966. The van der Waals surface area contributed by atoms with Crippen molar-refractivity contribution in [2.45, 2.75) is 115 Å². The standard InChI is InChI=1S/C39H54N6O5Si2/c1-26(2)24-40-35-42-32-31(33(43-35)48-36(46)45(28-17-13-11-14-18-28)29-19-15-12-16-20-29)41-25-44(32)30-23-38(49-51(6,7)8)21-27-22-39(27,34(38)47-30)50-52(9,10)37(3,4)5/h11-20,25-27,30,34H,21-24H2,1-10H3,(H,40,42,43)/t27-,30+,34-,38-,39+/m0/s1. The average Bonchev–Trinajstić information content (AvgIpc) is 3.31. The molecule has 4 aromatic rings. The number of ether oxygens (including phenoxy) is 2. The summed E-state index contributed by atoms with van der Waals surface area (Å²) in [5.41, 5.74) is 1.41. The van der Waals surface area contributed by atoms with Crippen molar-refractivity contribution in [2.75, 3.05) is 16.8 Å². The fourth-order valence-electron chi connectivity index (χ4n) is 7.70. The topological polar surface area (TPSA) is 113 Å². The van der Waals surface area contributed by atoms with Crippen LogP contribution < -0.4 is 15.0 Å². The Balaban J connectivity index is 1.26. The molecule has 278 valence electrons. The van der Waals surface area contributed by atoms with Gasteiger partial charge in [0.25, 0.3) is 5.88 Å². The molecule has 2 aromatic carbocycles. The minimum Gasteiger partial charge on any atom is -0.409 e. The van der Waals surface area contributed by atoms with Gasteiger partial charge >= 0.3 is 6.09 Å². The number of hydrogen-bond acceptors (Lipinski definition) is 9. The van der Waals surface area contributed by atoms with Crippen LogP contribution >= 0.6 is 0 Å². The number of rotatable bonds is 11. The Kier molecular flexibility index (Phi) is 9.21. The van der Waals surface area contributed by atoms with Gasteiger partial charge in [-0.25, -0.2) is 14.7 Å². The molecule has 7 rings (SSSR count). The molecule has 13 heteroatoms. The average molecular weight is 743 g/mol. The van der Waals surface area contributed by atoms with E-state index >= 15 is 0 Å². The fourth-order valence-corrected chi connectivity index (χ4v) is 10.8. The van der Waals surface area contributed by atoms with E-state index in [-0.39, 0.29) is 22.6 Å². The highest BCUT2D eigenvalue weighted by molar-refractivity contribution is 6.74. The molecule has 2 aliphatic carbocycles. The van der Waals surface area contributed by atoms with Crippen molar-refractivity contribution in [3.8, 4) is 5.88 Å². The molecular weight excluding hydrogens is 689 g/mol. The summed E-state index contributed by atoms with van der Waals surface area (Å²) in [5, 5.41) is 3.41. The smallest absolute Gasteiger partial charge is 0.409 e. The summed E-state index contributed by atoms with van der Waals surface area (Å²) >= 11 is 0. The van der Waals surface area contributed by atoms with Crippen molar-refractivity contribution in [1.29, 1.82) is 0 Å². The molecule has 52 heavy (non-hydrogen) atoms. The molecular formula is C39H54N6O5Si2. The number of benzene rings is 2. The summed E-state index contributed by atoms with van der Waals surface area (Å²) in [7, 11) is -4.11. The van der Waals surface area contributed by atoms with Gasteiger partial charge in [-0.05, 0) is 86.7 Å². The minimum atomic E-state index is -2.12. The van der Waals surface area contributed by atoms with Gasteiger partial charge < -0.3 is 23.6 Å². The van der Waals surface area contributed by atoms with Crippen LogP contribution in [0.3, 0.4) is 0 Å². The number of carbonyl (C=O) groups is 1. The van der Waals surface area contributed by atoms with Crippen molar-refractivity contribution in [1.82, 2.24) is 19.5 Å². The van der Waals surface area contributed by atoms with Gasteiger partial charge in [-0.1, -0.05) is 71.0 Å². The van der Waals surface area contributed by atoms with Crippen LogP contribution in [0.1, 0.15) is 60.1 Å². The van der Waals surface area contributed by atoms with Crippen molar-refractivity contribution >= 4 is 51.2 Å². The number of nitrogens with zero attached hydrogens (tertiary/aromatic N) is 5. The van der Waals surface area contributed by atoms with E-state index in [4.69, 9.17) is 33.3 Å². The second-order valence-electron chi connectivity index (χ2n) is 17.7. The molecule has 3 fully saturated rings. The summed E-state index contributed by atoms with van der Waals surface area (Å²) in [5.74, 6) is 1.17. The minimum absolute atomic E-state index is 0.0685.